The number of piperazine rings is 1. The van der Waals surface area contributed by atoms with Gasteiger partial charge < -0.3 is 32.1 Å². The number of hydrogen-bond donors (Lipinski definition) is 4. The second-order valence-corrected chi connectivity index (χ2v) is 8.39. The maximum atomic E-state index is 11.3. The van der Waals surface area contributed by atoms with E-state index in [1.165, 1.54) is 23.6 Å². The topological polar surface area (TPSA) is 282 Å². The van der Waals surface area contributed by atoms with Crippen LogP contribution in [0.5, 0.6) is 0 Å². The Bertz CT molecular complexity index is 519. The van der Waals surface area contributed by atoms with E-state index in [0.29, 0.717) is 0 Å². The fourth-order valence-corrected chi connectivity index (χ4v) is 4.90. The Balaban J connectivity index is -0.000000605. The smallest absolute Gasteiger partial charge is 0.283 e. The van der Waals surface area contributed by atoms with E-state index < -0.39 is 43.2 Å². The van der Waals surface area contributed by atoms with Gasteiger partial charge in [-0.25, -0.2) is 0 Å². The van der Waals surface area contributed by atoms with Crippen molar-refractivity contribution in [1.29, 1.82) is 0 Å². The second-order valence-electron chi connectivity index (χ2n) is 5.36. The molecule has 1 rings (SSSR count). The average Bonchev–Trinajstić information content (AvgIpc) is 2.26. The summed E-state index contributed by atoms with van der Waals surface area (Å²) in [5, 5.41) is 16.0. The number of aliphatic hydroxyl groups excluding tert-OH is 2. The molecule has 14 nitrogen and oxygen atoms in total. The molecule has 1 heterocycles. The Morgan fingerprint density at radius 3 is 0.962 bits per heavy atom. The van der Waals surface area contributed by atoms with E-state index in [-0.39, 0.29) is 48.1 Å². The zero-order chi connectivity index (χ0) is 17.3. The molecule has 0 aromatic carbocycles. The molecule has 164 valence electrons. The molecule has 0 bridgehead atoms. The van der Waals surface area contributed by atoms with Crippen molar-refractivity contribution in [3.63, 3.8) is 0 Å². The highest BCUT2D eigenvalue weighted by molar-refractivity contribution is 7.86. The Kier molecular flexibility index (Phi) is 15.4. The molecular formula is C10H30N2O12S2. The van der Waals surface area contributed by atoms with Crippen molar-refractivity contribution in [1.82, 2.24) is 9.80 Å². The summed E-state index contributed by atoms with van der Waals surface area (Å²) < 4.78 is 63.6. The minimum Gasteiger partial charge on any atom is -0.412 e. The number of hydrogen-bond acceptors (Lipinski definition) is 8. The van der Waals surface area contributed by atoms with Crippen LogP contribution in [0.2, 0.25) is 0 Å². The van der Waals surface area contributed by atoms with Gasteiger partial charge in [-0.15, -0.1) is 0 Å². The zero-order valence-corrected chi connectivity index (χ0v) is 15.9. The molecule has 0 aromatic heterocycles. The summed E-state index contributed by atoms with van der Waals surface area (Å²) in [7, 11) is -9.01. The maximum Gasteiger partial charge on any atom is 0.283 e. The van der Waals surface area contributed by atoms with Gasteiger partial charge in [-0.05, 0) is 13.8 Å². The van der Waals surface area contributed by atoms with Gasteiger partial charge >= 0.3 is 0 Å². The summed E-state index contributed by atoms with van der Waals surface area (Å²) in [5.41, 5.74) is 0. The lowest BCUT2D eigenvalue weighted by Crippen LogP contribution is -2.60. The zero-order valence-electron chi connectivity index (χ0n) is 14.3. The highest BCUT2D eigenvalue weighted by atomic mass is 32.2. The van der Waals surface area contributed by atoms with Crippen LogP contribution in [-0.4, -0.2) is 117 Å². The third kappa shape index (κ3) is 8.46. The molecule has 26 heavy (non-hydrogen) atoms. The SMILES string of the molecule is CC(O)C(N1CCN(C(C(C)O)S(=O)(=O)O)CC1)S(=O)(=O)O.O.O.O.O. The third-order valence-electron chi connectivity index (χ3n) is 3.50. The normalized spacial score (nSPS) is 20.8. The summed E-state index contributed by atoms with van der Waals surface area (Å²) in [6.45, 7) is 2.59. The van der Waals surface area contributed by atoms with Crippen LogP contribution in [0.15, 0.2) is 0 Å². The van der Waals surface area contributed by atoms with Gasteiger partial charge in [0.1, 0.15) is 0 Å². The second kappa shape index (κ2) is 12.1. The number of rotatable bonds is 6. The van der Waals surface area contributed by atoms with Gasteiger partial charge in [0, 0.05) is 26.2 Å². The Morgan fingerprint density at radius 1 is 0.654 bits per heavy atom. The summed E-state index contributed by atoms with van der Waals surface area (Å²) in [6, 6.07) is 0. The quantitative estimate of drug-likeness (QED) is 0.287. The lowest BCUT2D eigenvalue weighted by molar-refractivity contribution is 0.0288. The number of nitrogens with zero attached hydrogens (tertiary/aromatic N) is 2. The van der Waals surface area contributed by atoms with Crippen LogP contribution < -0.4 is 0 Å². The van der Waals surface area contributed by atoms with E-state index in [0.717, 1.165) is 0 Å². The van der Waals surface area contributed by atoms with E-state index in [1.54, 1.807) is 0 Å². The molecule has 1 saturated heterocycles. The van der Waals surface area contributed by atoms with Gasteiger partial charge in [-0.1, -0.05) is 0 Å². The first-order chi connectivity index (χ1) is 9.85. The van der Waals surface area contributed by atoms with E-state index in [4.69, 9.17) is 0 Å². The van der Waals surface area contributed by atoms with Gasteiger partial charge in [0.15, 0.2) is 10.7 Å². The Morgan fingerprint density at radius 2 is 0.846 bits per heavy atom. The highest BCUT2D eigenvalue weighted by Gasteiger charge is 2.40. The molecule has 1 aliphatic heterocycles. The predicted octanol–water partition coefficient (Wildman–Crippen LogP) is -5.51. The van der Waals surface area contributed by atoms with E-state index >= 15 is 0 Å². The fraction of sp³-hybridized carbons (Fsp3) is 1.00. The molecule has 0 aromatic rings. The van der Waals surface area contributed by atoms with Crippen LogP contribution in [0, 0.1) is 0 Å². The monoisotopic (exact) mass is 434 g/mol. The van der Waals surface area contributed by atoms with E-state index in [9.17, 15) is 36.2 Å². The largest absolute Gasteiger partial charge is 0.412 e. The average molecular weight is 434 g/mol. The number of aliphatic hydroxyl groups is 2. The van der Waals surface area contributed by atoms with Crippen molar-refractivity contribution in [2.45, 2.75) is 36.8 Å². The van der Waals surface area contributed by atoms with Gasteiger partial charge in [-0.2, -0.15) is 16.8 Å². The van der Waals surface area contributed by atoms with Crippen molar-refractivity contribution in [2.75, 3.05) is 26.2 Å². The van der Waals surface area contributed by atoms with Gasteiger partial charge in [0.25, 0.3) is 20.2 Å². The minimum atomic E-state index is -4.51. The van der Waals surface area contributed by atoms with Crippen LogP contribution in [0.3, 0.4) is 0 Å². The Labute approximate surface area is 151 Å². The molecule has 0 saturated carbocycles. The molecule has 16 heteroatoms. The lowest BCUT2D eigenvalue weighted by atomic mass is 10.2. The third-order valence-corrected chi connectivity index (χ3v) is 6.11. The molecule has 0 aliphatic carbocycles. The lowest BCUT2D eigenvalue weighted by Gasteiger charge is -2.41. The van der Waals surface area contributed by atoms with Crippen molar-refractivity contribution >= 4 is 20.2 Å². The first-order valence-electron chi connectivity index (χ1n) is 6.62. The summed E-state index contributed by atoms with van der Waals surface area (Å²) in [6.07, 6.45) is -2.67. The molecular weight excluding hydrogens is 404 g/mol. The molecule has 4 atom stereocenters. The Hall–Kier alpha value is -0.500. The van der Waals surface area contributed by atoms with Gasteiger partial charge in [0.05, 0.1) is 12.2 Å². The maximum absolute atomic E-state index is 11.3. The van der Waals surface area contributed by atoms with E-state index in [2.05, 4.69) is 0 Å². The van der Waals surface area contributed by atoms with Crippen molar-refractivity contribution in [3.8, 4) is 0 Å². The minimum absolute atomic E-state index is 0. The molecule has 1 aliphatic rings. The van der Waals surface area contributed by atoms with Crippen molar-refractivity contribution in [2.24, 2.45) is 0 Å². The summed E-state index contributed by atoms with van der Waals surface area (Å²) in [4.78, 5) is 2.61. The predicted molar refractivity (Wildman–Crippen MR) is 91.6 cm³/mol. The summed E-state index contributed by atoms with van der Waals surface area (Å²) >= 11 is 0. The standard InChI is InChI=1S/C10H22N2O8S2.4H2O/c1-7(13)9(21(15,16)17)11-3-5-12(6-4-11)10(8(2)14)22(18,19)20;;;;/h7-10,13-14H,3-6H2,1-2H3,(H,15,16,17)(H,18,19,20);4*1H2. The first kappa shape index (κ1) is 33.1. The molecule has 12 N–H and O–H groups in total. The van der Waals surface area contributed by atoms with Gasteiger partial charge in [-0.3, -0.25) is 18.9 Å². The molecule has 1 fully saturated rings. The molecule has 0 radical (unpaired) electrons. The van der Waals surface area contributed by atoms with Crippen LogP contribution in [0.1, 0.15) is 13.8 Å². The first-order valence-corrected chi connectivity index (χ1v) is 9.63. The highest BCUT2D eigenvalue weighted by Crippen LogP contribution is 2.18. The molecule has 0 amide bonds. The molecule has 4 unspecified atom stereocenters. The molecule has 0 spiro atoms. The van der Waals surface area contributed by atoms with Crippen molar-refractivity contribution < 1.29 is 58.1 Å². The van der Waals surface area contributed by atoms with Crippen molar-refractivity contribution in [3.05, 3.63) is 0 Å². The van der Waals surface area contributed by atoms with Crippen LogP contribution >= 0.6 is 0 Å². The van der Waals surface area contributed by atoms with E-state index in [1.807, 2.05) is 0 Å². The van der Waals surface area contributed by atoms with Crippen LogP contribution in [0.4, 0.5) is 0 Å². The fourth-order valence-electron chi connectivity index (χ4n) is 2.73. The van der Waals surface area contributed by atoms with Crippen LogP contribution in [0.25, 0.3) is 0 Å². The van der Waals surface area contributed by atoms with Crippen LogP contribution in [-0.2, 0) is 20.2 Å². The van der Waals surface area contributed by atoms with Gasteiger partial charge in [0.2, 0.25) is 0 Å². The summed E-state index contributed by atoms with van der Waals surface area (Å²) in [5.74, 6) is 0.